The van der Waals surface area contributed by atoms with Gasteiger partial charge in [0, 0.05) is 18.3 Å². The zero-order valence-corrected chi connectivity index (χ0v) is 21.6. The molecule has 170 valence electrons. The molecule has 2 rings (SSSR count). The van der Waals surface area contributed by atoms with Gasteiger partial charge >= 0.3 is 35.5 Å². The van der Waals surface area contributed by atoms with E-state index in [1.165, 1.54) is 5.57 Å². The molecule has 0 radical (unpaired) electrons. The fraction of sp³-hybridized carbons (Fsp3) is 0.750. The quantitative estimate of drug-likeness (QED) is 0.344. The van der Waals surface area contributed by atoms with Crippen molar-refractivity contribution < 1.29 is 59.2 Å². The molecule has 0 heterocycles. The molecule has 0 aromatic carbocycles. The number of carbonyl (C=O) groups is 2. The van der Waals surface area contributed by atoms with Crippen molar-refractivity contribution in [2.45, 2.75) is 84.5 Å². The topological polar surface area (TPSA) is 107 Å². The van der Waals surface area contributed by atoms with Crippen molar-refractivity contribution in [3.63, 3.8) is 0 Å². The first-order valence-corrected chi connectivity index (χ1v) is 11.3. The van der Waals surface area contributed by atoms with Crippen LogP contribution in [0.5, 0.6) is 0 Å². The summed E-state index contributed by atoms with van der Waals surface area (Å²) >= 11 is 0. The first kappa shape index (κ1) is 28.4. The SMILES string of the molecule is CC[C@@H](C)C(=O)O[C@@H]1C[C@H](C)C=C2C=C[C@@H](C)[C@@H](CC[C@H](O)C[C@H](O)CC(=O)[O-])[C@@H]21.[Na+]. The number of fused-ring (bicyclic) bond motifs is 1. The maximum atomic E-state index is 12.5. The second-order valence-corrected chi connectivity index (χ2v) is 9.27. The van der Waals surface area contributed by atoms with Crippen LogP contribution in [0.15, 0.2) is 23.8 Å². The standard InChI is InChI=1S/C24H38O6.Na/c1-5-15(3)24(29)30-21-11-14(2)10-17-7-6-16(4)20(23(17)21)9-8-18(25)12-19(26)13-22(27)28;/h6-7,10,14-16,18-21,23,25-26H,5,8-9,11-13H2,1-4H3,(H,27,28);/q;+1/p-1/t14-,15-,16-,18+,19+,20-,21-,23-;/m1./s1. The second kappa shape index (κ2) is 13.1. The minimum absolute atomic E-state index is 0. The molecule has 0 unspecified atom stereocenters. The number of aliphatic hydroxyl groups is 2. The van der Waals surface area contributed by atoms with Gasteiger partial charge in [-0.25, -0.2) is 0 Å². The molecular formula is C24H37NaO6. The summed E-state index contributed by atoms with van der Waals surface area (Å²) in [6.45, 7) is 8.14. The predicted molar refractivity (Wildman–Crippen MR) is 112 cm³/mol. The van der Waals surface area contributed by atoms with Crippen LogP contribution in [0.3, 0.4) is 0 Å². The molecule has 0 aromatic rings. The van der Waals surface area contributed by atoms with Crippen LogP contribution in [0.4, 0.5) is 0 Å². The van der Waals surface area contributed by atoms with E-state index in [4.69, 9.17) is 4.74 Å². The third-order valence-corrected chi connectivity index (χ3v) is 6.66. The summed E-state index contributed by atoms with van der Waals surface area (Å²) in [7, 11) is 0. The zero-order valence-electron chi connectivity index (χ0n) is 19.6. The van der Waals surface area contributed by atoms with Gasteiger partial charge in [-0.3, -0.25) is 4.79 Å². The Morgan fingerprint density at radius 3 is 2.55 bits per heavy atom. The van der Waals surface area contributed by atoms with Gasteiger partial charge in [0.05, 0.1) is 18.1 Å². The Bertz CT molecular complexity index is 660. The van der Waals surface area contributed by atoms with Gasteiger partial charge in [-0.05, 0) is 55.4 Å². The minimum atomic E-state index is -1.32. The maximum Gasteiger partial charge on any atom is 1.00 e. The molecule has 31 heavy (non-hydrogen) atoms. The molecule has 2 aliphatic rings. The molecule has 0 amide bonds. The Balaban J connectivity index is 0.00000480. The van der Waals surface area contributed by atoms with Crippen LogP contribution in [0, 0.1) is 29.6 Å². The second-order valence-electron chi connectivity index (χ2n) is 9.27. The third kappa shape index (κ3) is 8.32. The molecule has 0 aliphatic heterocycles. The molecule has 6 nitrogen and oxygen atoms in total. The number of aliphatic hydroxyl groups excluding tert-OH is 2. The van der Waals surface area contributed by atoms with Gasteiger partial charge in [0.1, 0.15) is 6.10 Å². The molecule has 0 aromatic heterocycles. The predicted octanol–water partition coefficient (Wildman–Crippen LogP) is -0.615. The summed E-state index contributed by atoms with van der Waals surface area (Å²) in [5.74, 6) is -0.705. The first-order chi connectivity index (χ1) is 14.1. The van der Waals surface area contributed by atoms with Crippen LogP contribution >= 0.6 is 0 Å². The van der Waals surface area contributed by atoms with E-state index in [1.807, 2.05) is 13.8 Å². The molecule has 0 fully saturated rings. The molecule has 7 heteroatoms. The molecule has 0 saturated heterocycles. The van der Waals surface area contributed by atoms with Crippen molar-refractivity contribution in [1.29, 1.82) is 0 Å². The van der Waals surface area contributed by atoms with Crippen molar-refractivity contribution in [2.75, 3.05) is 0 Å². The molecule has 2 aliphatic carbocycles. The third-order valence-electron chi connectivity index (χ3n) is 6.66. The number of carboxylic acid groups (broad SMARTS) is 1. The Morgan fingerprint density at radius 1 is 1.26 bits per heavy atom. The molecule has 0 saturated carbocycles. The number of allylic oxidation sites excluding steroid dienone is 3. The van der Waals surface area contributed by atoms with E-state index in [9.17, 15) is 24.9 Å². The van der Waals surface area contributed by atoms with Crippen molar-refractivity contribution in [3.05, 3.63) is 23.8 Å². The van der Waals surface area contributed by atoms with Crippen LogP contribution in [-0.4, -0.2) is 40.5 Å². The number of aliphatic carboxylic acids is 1. The molecule has 0 spiro atoms. The molecular weight excluding hydrogens is 407 g/mol. The van der Waals surface area contributed by atoms with Gasteiger partial charge in [0.25, 0.3) is 0 Å². The Morgan fingerprint density at radius 2 is 1.94 bits per heavy atom. The van der Waals surface area contributed by atoms with E-state index in [-0.39, 0.29) is 71.7 Å². The van der Waals surface area contributed by atoms with Gasteiger partial charge in [-0.1, -0.05) is 45.9 Å². The minimum Gasteiger partial charge on any atom is -0.550 e. The number of rotatable bonds is 10. The Labute approximate surface area is 208 Å². The van der Waals surface area contributed by atoms with Gasteiger partial charge in [-0.15, -0.1) is 0 Å². The molecule has 8 atom stereocenters. The zero-order chi connectivity index (χ0) is 22.4. The van der Waals surface area contributed by atoms with Crippen molar-refractivity contribution >= 4 is 11.9 Å². The molecule has 2 N–H and O–H groups in total. The van der Waals surface area contributed by atoms with Crippen LogP contribution in [0.2, 0.25) is 0 Å². The van der Waals surface area contributed by atoms with E-state index in [0.29, 0.717) is 18.8 Å². The average molecular weight is 445 g/mol. The number of hydrogen-bond acceptors (Lipinski definition) is 6. The number of hydrogen-bond donors (Lipinski definition) is 2. The van der Waals surface area contributed by atoms with E-state index in [1.54, 1.807) is 0 Å². The summed E-state index contributed by atoms with van der Waals surface area (Å²) in [5, 5.41) is 30.7. The van der Waals surface area contributed by atoms with Crippen molar-refractivity contribution in [1.82, 2.24) is 0 Å². The van der Waals surface area contributed by atoms with Gasteiger partial charge in [0.15, 0.2) is 0 Å². The van der Waals surface area contributed by atoms with Gasteiger partial charge in [-0.2, -0.15) is 0 Å². The smallest absolute Gasteiger partial charge is 0.550 e. The Hall–Kier alpha value is -0.660. The summed E-state index contributed by atoms with van der Waals surface area (Å²) < 4.78 is 5.99. The number of esters is 1. The average Bonchev–Trinajstić information content (AvgIpc) is 2.65. The normalized spacial score (nSPS) is 30.3. The summed E-state index contributed by atoms with van der Waals surface area (Å²) in [5.41, 5.74) is 1.20. The summed E-state index contributed by atoms with van der Waals surface area (Å²) in [6, 6.07) is 0. The van der Waals surface area contributed by atoms with Crippen molar-refractivity contribution in [3.8, 4) is 0 Å². The summed E-state index contributed by atoms with van der Waals surface area (Å²) in [4.78, 5) is 23.1. The van der Waals surface area contributed by atoms with E-state index in [2.05, 4.69) is 32.1 Å². The molecule has 0 bridgehead atoms. The van der Waals surface area contributed by atoms with E-state index < -0.39 is 24.6 Å². The Kier molecular flexibility index (Phi) is 12.0. The fourth-order valence-electron chi connectivity index (χ4n) is 4.75. The fourth-order valence-corrected chi connectivity index (χ4v) is 4.75. The van der Waals surface area contributed by atoms with Gasteiger partial charge in [0.2, 0.25) is 0 Å². The van der Waals surface area contributed by atoms with Crippen LogP contribution in [-0.2, 0) is 14.3 Å². The van der Waals surface area contributed by atoms with Crippen LogP contribution in [0.25, 0.3) is 0 Å². The largest absolute Gasteiger partial charge is 1.00 e. The summed E-state index contributed by atoms with van der Waals surface area (Å²) in [6.07, 6.45) is 6.75. The van der Waals surface area contributed by atoms with Gasteiger partial charge < -0.3 is 24.9 Å². The maximum absolute atomic E-state index is 12.5. The number of carboxylic acids is 1. The number of carbonyl (C=O) groups excluding carboxylic acids is 2. The van der Waals surface area contributed by atoms with Crippen molar-refractivity contribution in [2.24, 2.45) is 29.6 Å². The van der Waals surface area contributed by atoms with Crippen LogP contribution < -0.4 is 34.7 Å². The van der Waals surface area contributed by atoms with Crippen LogP contribution in [0.1, 0.15) is 66.2 Å². The number of ether oxygens (including phenoxy) is 1. The first-order valence-electron chi connectivity index (χ1n) is 11.3. The van der Waals surface area contributed by atoms with E-state index >= 15 is 0 Å². The monoisotopic (exact) mass is 444 g/mol. The van der Waals surface area contributed by atoms with E-state index in [0.717, 1.165) is 12.8 Å².